The van der Waals surface area contributed by atoms with E-state index in [1.807, 2.05) is 21.0 Å². The first kappa shape index (κ1) is 35.0. The average Bonchev–Trinajstić information content (AvgIpc) is 3.46. The molecule has 2 atom stereocenters. The molecule has 256 valence electrons. The number of benzene rings is 2. The van der Waals surface area contributed by atoms with Crippen molar-refractivity contribution in [3.05, 3.63) is 75.5 Å². The topological polar surface area (TPSA) is 159 Å². The van der Waals surface area contributed by atoms with E-state index in [0.717, 1.165) is 49.0 Å². The van der Waals surface area contributed by atoms with E-state index in [4.69, 9.17) is 9.72 Å². The largest absolute Gasteiger partial charge is 0.490 e. The molecule has 0 spiro atoms. The van der Waals surface area contributed by atoms with Crippen LogP contribution in [0.4, 0.5) is 31.9 Å². The number of piperidine rings is 1. The van der Waals surface area contributed by atoms with Gasteiger partial charge < -0.3 is 19.9 Å². The van der Waals surface area contributed by atoms with Crippen molar-refractivity contribution in [2.45, 2.75) is 59.3 Å². The minimum absolute atomic E-state index is 0.0776. The van der Waals surface area contributed by atoms with Crippen LogP contribution in [0.2, 0.25) is 0 Å². The third-order valence-electron chi connectivity index (χ3n) is 8.14. The van der Waals surface area contributed by atoms with Crippen molar-refractivity contribution in [1.29, 1.82) is 0 Å². The van der Waals surface area contributed by atoms with Crippen molar-refractivity contribution < 1.29 is 26.9 Å². The number of nitro benzene ring substituents is 1. The number of nitro groups is 1. The van der Waals surface area contributed by atoms with Crippen LogP contribution >= 0.6 is 11.8 Å². The molecule has 13 nitrogen and oxygen atoms in total. The minimum atomic E-state index is -4.15. The Bertz CT molecular complexity index is 1920. The summed E-state index contributed by atoms with van der Waals surface area (Å²) >= 11 is 0.919. The van der Waals surface area contributed by atoms with E-state index in [-0.39, 0.29) is 33.0 Å². The number of aromatic nitrogens is 4. The Hall–Kier alpha value is -4.35. The number of likely N-dealkylation sites (N-methyl/N-ethyl adjacent to an activating group) is 1. The number of rotatable bonds is 12. The molecule has 0 saturated carbocycles. The first-order valence-electron chi connectivity index (χ1n) is 15.1. The molecule has 17 heteroatoms. The summed E-state index contributed by atoms with van der Waals surface area (Å²) in [5, 5.41) is 20.4. The number of H-pyrrole nitrogens is 1. The SMILES string of the molecule is COc1c(Nc2cc(C)[nH]n2)nc(Sc2ccc(S(=O)(=O)C(C)Cc3cccc([N+](=O)[O-])c3F)cc2F)nc1N1CCCC(N(C)C)C1. The Morgan fingerprint density at radius 2 is 2.00 bits per heavy atom. The van der Waals surface area contributed by atoms with Crippen molar-refractivity contribution in [3.63, 3.8) is 0 Å². The number of halogens is 2. The molecule has 2 unspecified atom stereocenters. The highest BCUT2D eigenvalue weighted by Gasteiger charge is 2.30. The number of hydrogen-bond donors (Lipinski definition) is 2. The van der Waals surface area contributed by atoms with Gasteiger partial charge in [0.05, 0.1) is 27.1 Å². The molecule has 5 rings (SSSR count). The van der Waals surface area contributed by atoms with Crippen molar-refractivity contribution in [1.82, 2.24) is 25.1 Å². The van der Waals surface area contributed by atoms with E-state index in [0.29, 0.717) is 29.7 Å². The average molecular weight is 703 g/mol. The summed E-state index contributed by atoms with van der Waals surface area (Å²) in [6, 6.07) is 9.16. The highest BCUT2D eigenvalue weighted by Crippen LogP contribution is 2.40. The van der Waals surface area contributed by atoms with Gasteiger partial charge in [-0.05, 0) is 82.7 Å². The van der Waals surface area contributed by atoms with Gasteiger partial charge in [-0.1, -0.05) is 12.1 Å². The molecule has 0 aliphatic carbocycles. The van der Waals surface area contributed by atoms with Crippen LogP contribution in [0.15, 0.2) is 57.4 Å². The molecule has 0 amide bonds. The van der Waals surface area contributed by atoms with Gasteiger partial charge in [0, 0.05) is 37.0 Å². The van der Waals surface area contributed by atoms with Gasteiger partial charge in [-0.25, -0.2) is 22.8 Å². The van der Waals surface area contributed by atoms with E-state index in [2.05, 4.69) is 30.3 Å². The van der Waals surface area contributed by atoms with Gasteiger partial charge in [-0.15, -0.1) is 0 Å². The Kier molecular flexibility index (Phi) is 10.5. The standard InChI is InChI=1S/C31H36F2N8O5S2/c1-18-14-26(38-37-18)34-29-28(46-5)30(40-13-7-9-21(17-40)39(3)4)36-31(35-29)47-25-12-11-22(16-23(25)32)48(44,45)19(2)15-20-8-6-10-24(27(20)33)41(42)43/h6,8,10-12,14,16,19,21H,7,9,13,15,17H2,1-5H3,(H2,34,35,36,37,38). The highest BCUT2D eigenvalue weighted by molar-refractivity contribution is 7.99. The lowest BCUT2D eigenvalue weighted by molar-refractivity contribution is -0.387. The molecule has 2 N–H and O–H groups in total. The summed E-state index contributed by atoms with van der Waals surface area (Å²) in [5.74, 6) is -0.173. The highest BCUT2D eigenvalue weighted by atomic mass is 32.2. The van der Waals surface area contributed by atoms with Gasteiger partial charge >= 0.3 is 5.69 Å². The van der Waals surface area contributed by atoms with Gasteiger partial charge in [0.15, 0.2) is 32.4 Å². The van der Waals surface area contributed by atoms with Crippen molar-refractivity contribution in [3.8, 4) is 5.75 Å². The van der Waals surface area contributed by atoms with Crippen LogP contribution < -0.4 is 15.0 Å². The van der Waals surface area contributed by atoms with E-state index in [1.165, 1.54) is 38.3 Å². The molecular weight excluding hydrogens is 667 g/mol. The van der Waals surface area contributed by atoms with Gasteiger partial charge in [-0.3, -0.25) is 15.2 Å². The smallest absolute Gasteiger partial charge is 0.305 e. The predicted octanol–water partition coefficient (Wildman–Crippen LogP) is 5.53. The fraction of sp³-hybridized carbons (Fsp3) is 0.387. The summed E-state index contributed by atoms with van der Waals surface area (Å²) < 4.78 is 62.8. The second-order valence-electron chi connectivity index (χ2n) is 11.7. The molecule has 1 aliphatic rings. The molecule has 0 bridgehead atoms. The number of ether oxygens (including phenoxy) is 1. The summed E-state index contributed by atoms with van der Waals surface area (Å²) in [5.41, 5.74) is -0.0451. The fourth-order valence-corrected chi connectivity index (χ4v) is 7.63. The molecule has 1 aliphatic heterocycles. The van der Waals surface area contributed by atoms with Crippen LogP contribution in [0.5, 0.6) is 5.75 Å². The normalized spacial score (nSPS) is 15.8. The quantitative estimate of drug-likeness (QED) is 0.108. The van der Waals surface area contributed by atoms with Crippen LogP contribution in [0.25, 0.3) is 0 Å². The number of hydrogen-bond acceptors (Lipinski definition) is 12. The maximum absolute atomic E-state index is 15.6. The van der Waals surface area contributed by atoms with Crippen molar-refractivity contribution in [2.24, 2.45) is 0 Å². The second-order valence-corrected chi connectivity index (χ2v) is 15.1. The lowest BCUT2D eigenvalue weighted by Gasteiger charge is -2.37. The molecule has 2 aromatic carbocycles. The number of aryl methyl sites for hydroxylation is 1. The minimum Gasteiger partial charge on any atom is -0.490 e. The number of nitrogens with zero attached hydrogens (tertiary/aromatic N) is 6. The van der Waals surface area contributed by atoms with Crippen LogP contribution in [0, 0.1) is 28.7 Å². The van der Waals surface area contributed by atoms with E-state index >= 15 is 4.39 Å². The molecule has 0 radical (unpaired) electrons. The molecular formula is C31H36F2N8O5S2. The monoisotopic (exact) mass is 702 g/mol. The van der Waals surface area contributed by atoms with E-state index in [9.17, 15) is 22.9 Å². The number of sulfone groups is 1. The summed E-state index contributed by atoms with van der Waals surface area (Å²) in [6.45, 7) is 4.61. The molecule has 4 aromatic rings. The maximum Gasteiger partial charge on any atom is 0.305 e. The third-order valence-corrected chi connectivity index (χ3v) is 11.2. The van der Waals surface area contributed by atoms with Gasteiger partial charge in [0.1, 0.15) is 5.82 Å². The number of nitrogens with one attached hydrogen (secondary N) is 2. The number of aromatic amines is 1. The molecule has 1 saturated heterocycles. The lowest BCUT2D eigenvalue weighted by Crippen LogP contribution is -2.45. The van der Waals surface area contributed by atoms with E-state index < -0.39 is 37.3 Å². The Morgan fingerprint density at radius 3 is 2.65 bits per heavy atom. The van der Waals surface area contributed by atoms with Gasteiger partial charge in [0.2, 0.25) is 11.6 Å². The van der Waals surface area contributed by atoms with Gasteiger partial charge in [0.25, 0.3) is 0 Å². The Balaban J connectivity index is 1.45. The predicted molar refractivity (Wildman–Crippen MR) is 178 cm³/mol. The third kappa shape index (κ3) is 7.52. The zero-order valence-corrected chi connectivity index (χ0v) is 28.7. The summed E-state index contributed by atoms with van der Waals surface area (Å²) in [4.78, 5) is 23.7. The maximum atomic E-state index is 15.6. The Morgan fingerprint density at radius 1 is 1.23 bits per heavy atom. The first-order chi connectivity index (χ1) is 22.8. The van der Waals surface area contributed by atoms with Crippen LogP contribution in [0.1, 0.15) is 31.0 Å². The molecule has 2 aromatic heterocycles. The van der Waals surface area contributed by atoms with Crippen LogP contribution in [-0.4, -0.2) is 84.0 Å². The molecule has 3 heterocycles. The second kappa shape index (κ2) is 14.4. The summed E-state index contributed by atoms with van der Waals surface area (Å²) in [6.07, 6.45) is 1.61. The first-order valence-corrected chi connectivity index (χ1v) is 17.4. The van der Waals surface area contributed by atoms with Crippen molar-refractivity contribution >= 4 is 44.7 Å². The number of anilines is 3. The zero-order valence-electron chi connectivity index (χ0n) is 27.0. The summed E-state index contributed by atoms with van der Waals surface area (Å²) in [7, 11) is 1.43. The molecule has 48 heavy (non-hydrogen) atoms. The fourth-order valence-electron chi connectivity index (χ4n) is 5.48. The van der Waals surface area contributed by atoms with E-state index in [1.54, 1.807) is 6.07 Å². The van der Waals surface area contributed by atoms with Crippen LogP contribution in [0.3, 0.4) is 0 Å². The van der Waals surface area contributed by atoms with Gasteiger partial charge in [-0.2, -0.15) is 9.49 Å². The molecule has 1 fully saturated rings. The zero-order chi connectivity index (χ0) is 34.7. The van der Waals surface area contributed by atoms with Crippen molar-refractivity contribution in [2.75, 3.05) is 44.5 Å². The Labute approximate surface area is 281 Å². The van der Waals surface area contributed by atoms with Crippen LogP contribution in [-0.2, 0) is 16.3 Å². The lowest BCUT2D eigenvalue weighted by atomic mass is 10.0. The number of methoxy groups -OCH3 is 1.